The molecule has 0 aliphatic heterocycles. The van der Waals surface area contributed by atoms with Crippen LogP contribution in [0.15, 0.2) is 79.0 Å². The SMILES string of the molecule is O=C(CCc1ccccc1Cc1ccccc1)On1ccccc1=S. The molecule has 2 aromatic carbocycles. The van der Waals surface area contributed by atoms with E-state index in [2.05, 4.69) is 24.3 Å². The van der Waals surface area contributed by atoms with Crippen LogP contribution < -0.4 is 4.84 Å². The number of carbonyl (C=O) groups excluding carboxylic acids is 1. The van der Waals surface area contributed by atoms with E-state index < -0.39 is 0 Å². The highest BCUT2D eigenvalue weighted by Gasteiger charge is 2.09. The van der Waals surface area contributed by atoms with E-state index in [9.17, 15) is 4.79 Å². The van der Waals surface area contributed by atoms with Crippen LogP contribution in [0.25, 0.3) is 0 Å². The fourth-order valence-electron chi connectivity index (χ4n) is 2.67. The first-order valence-corrected chi connectivity index (χ1v) is 8.63. The maximum absolute atomic E-state index is 12.1. The molecule has 1 aromatic heterocycles. The molecule has 3 nitrogen and oxygen atoms in total. The number of pyridine rings is 1. The van der Waals surface area contributed by atoms with Gasteiger partial charge in [-0.3, -0.25) is 0 Å². The predicted molar refractivity (Wildman–Crippen MR) is 101 cm³/mol. The summed E-state index contributed by atoms with van der Waals surface area (Å²) < 4.78 is 1.80. The third kappa shape index (κ3) is 4.88. The van der Waals surface area contributed by atoms with Crippen LogP contribution in [-0.4, -0.2) is 10.7 Å². The van der Waals surface area contributed by atoms with Crippen molar-refractivity contribution in [3.63, 3.8) is 0 Å². The minimum absolute atomic E-state index is 0.295. The van der Waals surface area contributed by atoms with Crippen molar-refractivity contribution in [2.24, 2.45) is 0 Å². The number of aryl methyl sites for hydroxylation is 1. The van der Waals surface area contributed by atoms with Crippen molar-refractivity contribution in [2.75, 3.05) is 0 Å². The number of rotatable bonds is 6. The highest BCUT2D eigenvalue weighted by atomic mass is 32.1. The second-order valence-electron chi connectivity index (χ2n) is 5.76. The first kappa shape index (κ1) is 17.1. The minimum Gasteiger partial charge on any atom is -0.336 e. The molecule has 0 amide bonds. The standard InChI is InChI=1S/C21H19NO2S/c23-21(24-22-15-7-6-12-20(22)25)14-13-18-10-4-5-11-19(18)16-17-8-2-1-3-9-17/h1-12,15H,13-14,16H2. The second-order valence-corrected chi connectivity index (χ2v) is 6.18. The fraction of sp³-hybridized carbons (Fsp3) is 0.143. The van der Waals surface area contributed by atoms with E-state index in [1.165, 1.54) is 21.4 Å². The maximum Gasteiger partial charge on any atom is 0.333 e. The Morgan fingerprint density at radius 2 is 1.56 bits per heavy atom. The summed E-state index contributed by atoms with van der Waals surface area (Å²) in [6.07, 6.45) is 3.45. The molecule has 3 rings (SSSR count). The Kier molecular flexibility index (Phi) is 5.75. The molecule has 3 aromatic rings. The van der Waals surface area contributed by atoms with Crippen LogP contribution in [0, 0.1) is 4.64 Å². The molecule has 0 aliphatic rings. The first-order valence-electron chi connectivity index (χ1n) is 8.22. The zero-order chi connectivity index (χ0) is 17.5. The van der Waals surface area contributed by atoms with Gasteiger partial charge in [-0.25, -0.2) is 4.79 Å². The van der Waals surface area contributed by atoms with Gasteiger partial charge in [0.15, 0.2) is 0 Å². The van der Waals surface area contributed by atoms with E-state index in [4.69, 9.17) is 17.1 Å². The normalized spacial score (nSPS) is 10.4. The van der Waals surface area contributed by atoms with Crippen molar-refractivity contribution < 1.29 is 9.63 Å². The van der Waals surface area contributed by atoms with Crippen LogP contribution in [0.1, 0.15) is 23.1 Å². The smallest absolute Gasteiger partial charge is 0.333 e. The van der Waals surface area contributed by atoms with Crippen molar-refractivity contribution in [3.8, 4) is 0 Å². The van der Waals surface area contributed by atoms with Crippen molar-refractivity contribution >= 4 is 18.2 Å². The molecule has 0 aliphatic carbocycles. The number of benzene rings is 2. The molecule has 25 heavy (non-hydrogen) atoms. The van der Waals surface area contributed by atoms with Gasteiger partial charge >= 0.3 is 5.97 Å². The summed E-state index contributed by atoms with van der Waals surface area (Å²) in [7, 11) is 0. The minimum atomic E-state index is -0.295. The summed E-state index contributed by atoms with van der Waals surface area (Å²) in [5.41, 5.74) is 3.66. The lowest BCUT2D eigenvalue weighted by atomic mass is 9.97. The van der Waals surface area contributed by atoms with Gasteiger partial charge in [0.05, 0.1) is 6.42 Å². The monoisotopic (exact) mass is 349 g/mol. The zero-order valence-electron chi connectivity index (χ0n) is 13.8. The van der Waals surface area contributed by atoms with Gasteiger partial charge in [-0.2, -0.15) is 4.73 Å². The Morgan fingerprint density at radius 1 is 0.880 bits per heavy atom. The first-order chi connectivity index (χ1) is 12.2. The molecule has 1 heterocycles. The van der Waals surface area contributed by atoms with Gasteiger partial charge in [0.25, 0.3) is 0 Å². The Labute approximate surface area is 152 Å². The van der Waals surface area contributed by atoms with E-state index in [-0.39, 0.29) is 5.97 Å². The molecule has 0 bridgehead atoms. The van der Waals surface area contributed by atoms with E-state index >= 15 is 0 Å². The average Bonchev–Trinajstić information content (AvgIpc) is 2.64. The number of aromatic nitrogens is 1. The molecule has 0 saturated heterocycles. The molecule has 0 spiro atoms. The summed E-state index contributed by atoms with van der Waals surface area (Å²) in [6, 6.07) is 23.8. The lowest BCUT2D eigenvalue weighted by molar-refractivity contribution is -0.144. The van der Waals surface area contributed by atoms with Crippen LogP contribution in [0.3, 0.4) is 0 Å². The molecule has 0 radical (unpaired) electrons. The largest absolute Gasteiger partial charge is 0.336 e. The highest BCUT2D eigenvalue weighted by Crippen LogP contribution is 2.16. The molecule has 0 saturated carbocycles. The van der Waals surface area contributed by atoms with E-state index in [1.807, 2.05) is 36.4 Å². The number of hydrogen-bond acceptors (Lipinski definition) is 3. The molecule has 0 atom stereocenters. The molecule has 0 fully saturated rings. The summed E-state index contributed by atoms with van der Waals surface area (Å²) in [6.45, 7) is 0. The predicted octanol–water partition coefficient (Wildman–Crippen LogP) is 4.40. The Balaban J connectivity index is 1.64. The fourth-order valence-corrected chi connectivity index (χ4v) is 2.85. The van der Waals surface area contributed by atoms with Gasteiger partial charge in [0.1, 0.15) is 4.64 Å². The van der Waals surface area contributed by atoms with E-state index in [0.29, 0.717) is 17.5 Å². The van der Waals surface area contributed by atoms with Crippen molar-refractivity contribution in [1.82, 2.24) is 4.73 Å². The third-order valence-electron chi connectivity index (χ3n) is 3.94. The van der Waals surface area contributed by atoms with Crippen molar-refractivity contribution in [3.05, 3.63) is 100 Å². The summed E-state index contributed by atoms with van der Waals surface area (Å²) >= 11 is 5.13. The number of nitrogens with zero attached hydrogens (tertiary/aromatic N) is 1. The summed E-state index contributed by atoms with van der Waals surface area (Å²) in [5.74, 6) is -0.295. The van der Waals surface area contributed by atoms with Gasteiger partial charge in [-0.15, -0.1) is 0 Å². The molecule has 0 unspecified atom stereocenters. The van der Waals surface area contributed by atoms with Crippen LogP contribution in [0.4, 0.5) is 0 Å². The lowest BCUT2D eigenvalue weighted by Gasteiger charge is -2.10. The number of hydrogen-bond donors (Lipinski definition) is 0. The van der Waals surface area contributed by atoms with E-state index in [0.717, 1.165) is 6.42 Å². The van der Waals surface area contributed by atoms with Crippen molar-refractivity contribution in [2.45, 2.75) is 19.3 Å². The molecule has 0 N–H and O–H groups in total. The van der Waals surface area contributed by atoms with Crippen LogP contribution in [0.2, 0.25) is 0 Å². The zero-order valence-corrected chi connectivity index (χ0v) is 14.6. The van der Waals surface area contributed by atoms with Gasteiger partial charge < -0.3 is 4.84 Å². The average molecular weight is 349 g/mol. The Morgan fingerprint density at radius 3 is 2.32 bits per heavy atom. The van der Waals surface area contributed by atoms with Gasteiger partial charge in [-0.1, -0.05) is 72.9 Å². The lowest BCUT2D eigenvalue weighted by Crippen LogP contribution is -2.20. The van der Waals surface area contributed by atoms with Crippen LogP contribution in [-0.2, 0) is 17.6 Å². The molecule has 4 heteroatoms. The van der Waals surface area contributed by atoms with E-state index in [1.54, 1.807) is 18.3 Å². The molecular formula is C21H19NO2S. The Hall–Kier alpha value is -2.72. The second kappa shape index (κ2) is 8.40. The van der Waals surface area contributed by atoms with Gasteiger partial charge in [0.2, 0.25) is 0 Å². The van der Waals surface area contributed by atoms with Crippen LogP contribution >= 0.6 is 12.2 Å². The van der Waals surface area contributed by atoms with Gasteiger partial charge in [0, 0.05) is 6.20 Å². The Bertz CT molecular complexity index is 903. The quantitative estimate of drug-likeness (QED) is 0.618. The summed E-state index contributed by atoms with van der Waals surface area (Å²) in [4.78, 5) is 17.4. The van der Waals surface area contributed by atoms with Crippen molar-refractivity contribution in [1.29, 1.82) is 0 Å². The molecular weight excluding hydrogens is 330 g/mol. The third-order valence-corrected chi connectivity index (χ3v) is 4.26. The maximum atomic E-state index is 12.1. The summed E-state index contributed by atoms with van der Waals surface area (Å²) in [5, 5.41) is 0. The number of carbonyl (C=O) groups is 1. The topological polar surface area (TPSA) is 31.2 Å². The highest BCUT2D eigenvalue weighted by molar-refractivity contribution is 7.71. The van der Waals surface area contributed by atoms with Crippen LogP contribution in [0.5, 0.6) is 0 Å². The molecule has 126 valence electrons. The van der Waals surface area contributed by atoms with Gasteiger partial charge in [-0.05, 0) is 41.7 Å².